The summed E-state index contributed by atoms with van der Waals surface area (Å²) < 4.78 is 28.8. The first-order chi connectivity index (χ1) is 15.7. The molecule has 1 heterocycles. The minimum atomic E-state index is -3.93. The van der Waals surface area contributed by atoms with Gasteiger partial charge in [0.15, 0.2) is 5.16 Å². The molecule has 1 aromatic heterocycles. The molecule has 0 radical (unpaired) electrons. The summed E-state index contributed by atoms with van der Waals surface area (Å²) >= 11 is 1.27. The van der Waals surface area contributed by atoms with Crippen molar-refractivity contribution < 1.29 is 18.1 Å². The lowest BCUT2D eigenvalue weighted by atomic mass is 10.1. The Balaban J connectivity index is 1.49. The molecule has 10 nitrogen and oxygen atoms in total. The van der Waals surface area contributed by atoms with Gasteiger partial charge in [0.2, 0.25) is 15.9 Å². The number of nitrogens with one attached hydrogen (secondary N) is 2. The van der Waals surface area contributed by atoms with Crippen molar-refractivity contribution in [3.63, 3.8) is 0 Å². The van der Waals surface area contributed by atoms with Crippen molar-refractivity contribution in [2.75, 3.05) is 18.8 Å². The highest BCUT2D eigenvalue weighted by Gasteiger charge is 2.17. The van der Waals surface area contributed by atoms with Crippen molar-refractivity contribution in [1.82, 2.24) is 19.6 Å². The molecule has 174 valence electrons. The van der Waals surface area contributed by atoms with Crippen LogP contribution in [0.3, 0.4) is 0 Å². The van der Waals surface area contributed by atoms with Crippen molar-refractivity contribution in [3.05, 3.63) is 76.1 Å². The van der Waals surface area contributed by atoms with E-state index in [0.29, 0.717) is 5.16 Å². The van der Waals surface area contributed by atoms with E-state index in [1.807, 2.05) is 36.7 Å². The number of hydrogen-bond donors (Lipinski definition) is 2. The summed E-state index contributed by atoms with van der Waals surface area (Å²) in [6.07, 6.45) is 3.50. The third-order valence-electron chi connectivity index (χ3n) is 4.50. The van der Waals surface area contributed by atoms with Crippen LogP contribution in [0.1, 0.15) is 11.1 Å². The van der Waals surface area contributed by atoms with Gasteiger partial charge in [-0.1, -0.05) is 23.9 Å². The molecule has 12 heteroatoms. The Kier molecular flexibility index (Phi) is 7.84. The number of carbonyl (C=O) groups is 1. The van der Waals surface area contributed by atoms with Crippen LogP contribution < -0.4 is 10.0 Å². The van der Waals surface area contributed by atoms with Crippen LogP contribution in [0.4, 0.5) is 5.69 Å². The number of nitro groups is 1. The van der Waals surface area contributed by atoms with Gasteiger partial charge in [0.1, 0.15) is 0 Å². The second kappa shape index (κ2) is 10.6. The van der Waals surface area contributed by atoms with Crippen molar-refractivity contribution in [2.45, 2.75) is 23.9 Å². The molecule has 0 atom stereocenters. The number of aromatic nitrogens is 2. The third-order valence-corrected chi connectivity index (χ3v) is 6.93. The fourth-order valence-corrected chi connectivity index (χ4v) is 4.97. The molecule has 3 aromatic rings. The summed E-state index contributed by atoms with van der Waals surface area (Å²) in [6.45, 7) is 4.04. The molecular weight excluding hydrogens is 466 g/mol. The minimum absolute atomic E-state index is 0.0569. The summed E-state index contributed by atoms with van der Waals surface area (Å²) in [7, 11) is -3.93. The predicted octanol–water partition coefficient (Wildman–Crippen LogP) is 2.58. The number of hydrogen-bond acceptors (Lipinski definition) is 7. The predicted molar refractivity (Wildman–Crippen MR) is 125 cm³/mol. The molecule has 0 bridgehead atoms. The Morgan fingerprint density at radius 2 is 1.88 bits per heavy atom. The van der Waals surface area contributed by atoms with Gasteiger partial charge in [-0.15, -0.1) is 0 Å². The van der Waals surface area contributed by atoms with E-state index in [2.05, 4.69) is 21.1 Å². The monoisotopic (exact) mass is 489 g/mol. The molecule has 0 aliphatic rings. The Labute approximate surface area is 195 Å². The van der Waals surface area contributed by atoms with E-state index in [0.717, 1.165) is 22.9 Å². The number of non-ortho nitro benzene ring substituents is 1. The molecule has 0 fully saturated rings. The molecular formula is C21H23N5O5S2. The highest BCUT2D eigenvalue weighted by atomic mass is 32.2. The van der Waals surface area contributed by atoms with Crippen LogP contribution in [0.25, 0.3) is 5.69 Å². The number of nitro benzene ring substituents is 1. The fraction of sp³-hybridized carbons (Fsp3) is 0.238. The number of amides is 1. The van der Waals surface area contributed by atoms with Gasteiger partial charge in [0, 0.05) is 43.3 Å². The van der Waals surface area contributed by atoms with Crippen LogP contribution in [-0.2, 0) is 14.8 Å². The molecule has 0 saturated carbocycles. The topological polar surface area (TPSA) is 136 Å². The Morgan fingerprint density at radius 3 is 2.58 bits per heavy atom. The first kappa shape index (κ1) is 24.4. The minimum Gasteiger partial charge on any atom is -0.354 e. The van der Waals surface area contributed by atoms with Gasteiger partial charge in [0.25, 0.3) is 5.69 Å². The lowest BCUT2D eigenvalue weighted by Crippen LogP contribution is -2.35. The number of imidazole rings is 1. The van der Waals surface area contributed by atoms with Crippen LogP contribution in [-0.4, -0.2) is 47.6 Å². The summed E-state index contributed by atoms with van der Waals surface area (Å²) in [6, 6.07) is 10.9. The fourth-order valence-electron chi connectivity index (χ4n) is 3.10. The second-order valence-corrected chi connectivity index (χ2v) is 9.93. The zero-order valence-electron chi connectivity index (χ0n) is 18.0. The highest BCUT2D eigenvalue weighted by molar-refractivity contribution is 7.99. The molecule has 0 spiro atoms. The van der Waals surface area contributed by atoms with Gasteiger partial charge < -0.3 is 5.32 Å². The van der Waals surface area contributed by atoms with E-state index in [1.54, 1.807) is 6.20 Å². The van der Waals surface area contributed by atoms with E-state index in [-0.39, 0.29) is 35.3 Å². The Bertz CT molecular complexity index is 1250. The van der Waals surface area contributed by atoms with Crippen molar-refractivity contribution in [2.24, 2.45) is 0 Å². The standard InChI is InChI=1S/C21H23N5O5S2/c1-15-10-16(2)12-18(11-15)25-9-8-23-21(25)32-14-20(27)22-6-7-24-33(30,31)19-5-3-4-17(13-19)26(28)29/h3-5,8-13,24H,6-7,14H2,1-2H3,(H,22,27). The third kappa shape index (κ3) is 6.63. The molecule has 33 heavy (non-hydrogen) atoms. The second-order valence-electron chi connectivity index (χ2n) is 7.22. The molecule has 0 aliphatic heterocycles. The van der Waals surface area contributed by atoms with Gasteiger partial charge in [-0.2, -0.15) is 0 Å². The number of sulfonamides is 1. The molecule has 3 rings (SSSR count). The van der Waals surface area contributed by atoms with Crippen LogP contribution in [0, 0.1) is 24.0 Å². The highest BCUT2D eigenvalue weighted by Crippen LogP contribution is 2.22. The lowest BCUT2D eigenvalue weighted by Gasteiger charge is -2.10. The maximum Gasteiger partial charge on any atom is 0.270 e. The van der Waals surface area contributed by atoms with E-state index >= 15 is 0 Å². The lowest BCUT2D eigenvalue weighted by molar-refractivity contribution is -0.385. The number of nitrogens with zero attached hydrogens (tertiary/aromatic N) is 3. The van der Waals surface area contributed by atoms with Gasteiger partial charge >= 0.3 is 0 Å². The maximum atomic E-state index is 12.3. The van der Waals surface area contributed by atoms with Crippen LogP contribution in [0.5, 0.6) is 0 Å². The quantitative estimate of drug-likeness (QED) is 0.193. The molecule has 1 amide bonds. The van der Waals surface area contributed by atoms with Crippen molar-refractivity contribution in [1.29, 1.82) is 0 Å². The van der Waals surface area contributed by atoms with Crippen molar-refractivity contribution in [3.8, 4) is 5.69 Å². The zero-order chi connectivity index (χ0) is 24.0. The molecule has 0 unspecified atom stereocenters. The maximum absolute atomic E-state index is 12.3. The normalized spacial score (nSPS) is 11.3. The number of aryl methyl sites for hydroxylation is 2. The number of benzene rings is 2. The van der Waals surface area contributed by atoms with Gasteiger partial charge in [-0.25, -0.2) is 18.1 Å². The number of thioether (sulfide) groups is 1. The first-order valence-corrected chi connectivity index (χ1v) is 12.4. The first-order valence-electron chi connectivity index (χ1n) is 9.91. The zero-order valence-corrected chi connectivity index (χ0v) is 19.6. The summed E-state index contributed by atoms with van der Waals surface area (Å²) in [5, 5.41) is 14.1. The average Bonchev–Trinajstić information content (AvgIpc) is 3.23. The number of rotatable bonds is 10. The van der Waals surface area contributed by atoms with E-state index in [1.165, 1.54) is 30.0 Å². The van der Waals surface area contributed by atoms with Crippen molar-refractivity contribution >= 4 is 33.4 Å². The smallest absolute Gasteiger partial charge is 0.270 e. The van der Waals surface area contributed by atoms with Gasteiger partial charge in [-0.05, 0) is 43.2 Å². The van der Waals surface area contributed by atoms with Crippen LogP contribution >= 0.6 is 11.8 Å². The largest absolute Gasteiger partial charge is 0.354 e. The van der Waals surface area contributed by atoms with Gasteiger partial charge in [-0.3, -0.25) is 19.5 Å². The van der Waals surface area contributed by atoms with Crippen LogP contribution in [0.15, 0.2) is 64.9 Å². The summed E-state index contributed by atoms with van der Waals surface area (Å²) in [5.41, 5.74) is 2.89. The molecule has 2 aromatic carbocycles. The molecule has 0 saturated heterocycles. The van der Waals surface area contributed by atoms with Crippen LogP contribution in [0.2, 0.25) is 0 Å². The molecule has 2 N–H and O–H groups in total. The molecule has 0 aliphatic carbocycles. The summed E-state index contributed by atoms with van der Waals surface area (Å²) in [5.74, 6) is -0.163. The van der Waals surface area contributed by atoms with Gasteiger partial charge in [0.05, 0.1) is 15.6 Å². The van der Waals surface area contributed by atoms with E-state index in [9.17, 15) is 23.3 Å². The van der Waals surface area contributed by atoms with E-state index < -0.39 is 14.9 Å². The summed E-state index contributed by atoms with van der Waals surface area (Å²) in [4.78, 5) is 26.5. The van der Waals surface area contributed by atoms with E-state index in [4.69, 9.17) is 0 Å². The SMILES string of the molecule is Cc1cc(C)cc(-n2ccnc2SCC(=O)NCCNS(=O)(=O)c2cccc([N+](=O)[O-])c2)c1. The number of carbonyl (C=O) groups excluding carboxylic acids is 1. The Morgan fingerprint density at radius 1 is 1.15 bits per heavy atom. The Hall–Kier alpha value is -3.22. The average molecular weight is 490 g/mol.